The molecule has 0 saturated carbocycles. The maximum Gasteiger partial charge on any atom is 0.433 e. The average Bonchev–Trinajstić information content (AvgIpc) is 3.60. The van der Waals surface area contributed by atoms with Crippen LogP contribution in [0.3, 0.4) is 0 Å². The van der Waals surface area contributed by atoms with Crippen LogP contribution in [-0.2, 0) is 0 Å². The van der Waals surface area contributed by atoms with E-state index in [2.05, 4.69) is 40.8 Å². The predicted octanol–water partition coefficient (Wildman–Crippen LogP) is 0.263. The lowest BCUT2D eigenvalue weighted by molar-refractivity contribution is -0.402. The van der Waals surface area contributed by atoms with Crippen LogP contribution in [0.2, 0.25) is 0 Å². The Morgan fingerprint density at radius 3 is 1.55 bits per heavy atom. The topological polar surface area (TPSA) is 245 Å². The fourth-order valence-electron chi connectivity index (χ4n) is 3.64. The van der Waals surface area contributed by atoms with Crippen molar-refractivity contribution in [2.24, 2.45) is 31.7 Å². The van der Waals surface area contributed by atoms with E-state index in [1.807, 2.05) is 0 Å². The minimum atomic E-state index is -0.627. The van der Waals surface area contributed by atoms with Gasteiger partial charge in [-0.05, 0) is 25.0 Å². The van der Waals surface area contributed by atoms with Gasteiger partial charge in [-0.2, -0.15) is 10.2 Å². The van der Waals surface area contributed by atoms with Crippen molar-refractivity contribution in [3.05, 3.63) is 56.0 Å². The number of nitrogens with one attached hydrogen (secondary N) is 2. The van der Waals surface area contributed by atoms with Crippen LogP contribution >= 0.6 is 0 Å². The molecule has 40 heavy (non-hydrogen) atoms. The monoisotopic (exact) mass is 560 g/mol. The summed E-state index contributed by atoms with van der Waals surface area (Å²) in [5, 5.41) is 28.9. The fourth-order valence-corrected chi connectivity index (χ4v) is 3.64. The maximum atomic E-state index is 10.6. The van der Waals surface area contributed by atoms with Gasteiger partial charge in [-0.1, -0.05) is 0 Å². The molecule has 0 radical (unpaired) electrons. The highest BCUT2D eigenvalue weighted by molar-refractivity contribution is 5.82. The third-order valence-electron chi connectivity index (χ3n) is 5.62. The van der Waals surface area contributed by atoms with Crippen LogP contribution in [0.15, 0.2) is 53.3 Å². The van der Waals surface area contributed by atoms with Gasteiger partial charge in [0, 0.05) is 52.4 Å². The first-order valence-electron chi connectivity index (χ1n) is 12.4. The summed E-state index contributed by atoms with van der Waals surface area (Å²) < 4.78 is 9.91. The Morgan fingerprint density at radius 1 is 0.800 bits per heavy atom. The van der Waals surface area contributed by atoms with Gasteiger partial charge in [0.1, 0.15) is 9.85 Å². The molecule has 2 aromatic heterocycles. The first-order valence-corrected chi connectivity index (χ1v) is 12.4. The molecule has 0 aromatic carbocycles. The van der Waals surface area contributed by atoms with E-state index in [0.29, 0.717) is 13.1 Å². The highest BCUT2D eigenvalue weighted by Crippen LogP contribution is 2.14. The van der Waals surface area contributed by atoms with Crippen LogP contribution in [0.5, 0.6) is 0 Å². The van der Waals surface area contributed by atoms with Crippen molar-refractivity contribution < 1.29 is 18.7 Å². The first-order chi connectivity index (χ1) is 19.3. The Kier molecular flexibility index (Phi) is 11.5. The summed E-state index contributed by atoms with van der Waals surface area (Å²) in [6.07, 6.45) is 4.25. The van der Waals surface area contributed by atoms with Crippen molar-refractivity contribution in [3.63, 3.8) is 0 Å². The smallest absolute Gasteiger partial charge is 0.400 e. The number of furan rings is 2. The minimum Gasteiger partial charge on any atom is -0.400 e. The van der Waals surface area contributed by atoms with E-state index in [1.165, 1.54) is 36.7 Å². The Labute approximate surface area is 228 Å². The predicted molar refractivity (Wildman–Crippen MR) is 147 cm³/mol. The van der Waals surface area contributed by atoms with Crippen LogP contribution in [-0.4, -0.2) is 96.4 Å². The van der Waals surface area contributed by atoms with Crippen molar-refractivity contribution >= 4 is 36.1 Å². The third kappa shape index (κ3) is 10.5. The number of piperazine rings is 1. The van der Waals surface area contributed by atoms with E-state index in [9.17, 15) is 20.2 Å². The molecule has 1 fully saturated rings. The summed E-state index contributed by atoms with van der Waals surface area (Å²) in [4.78, 5) is 33.1. The minimum absolute atomic E-state index is 0.149. The first kappa shape index (κ1) is 29.7. The van der Waals surface area contributed by atoms with Crippen LogP contribution in [0.25, 0.3) is 0 Å². The molecule has 0 atom stereocenters. The second kappa shape index (κ2) is 15.5. The van der Waals surface area contributed by atoms with Crippen LogP contribution in [0.4, 0.5) is 11.8 Å². The van der Waals surface area contributed by atoms with Crippen molar-refractivity contribution in [2.45, 2.75) is 12.8 Å². The molecule has 2 aromatic rings. The molecule has 6 N–H and O–H groups in total. The number of hydrogen-bond acceptors (Lipinski definition) is 12. The number of hydrazone groups is 2. The van der Waals surface area contributed by atoms with Gasteiger partial charge < -0.3 is 30.1 Å². The van der Waals surface area contributed by atoms with E-state index in [-0.39, 0.29) is 35.2 Å². The molecule has 3 rings (SSSR count). The zero-order valence-corrected chi connectivity index (χ0v) is 21.7. The van der Waals surface area contributed by atoms with E-state index >= 15 is 0 Å². The molecule has 18 nitrogen and oxygen atoms in total. The van der Waals surface area contributed by atoms with Gasteiger partial charge in [-0.3, -0.25) is 30.2 Å². The molecule has 0 bridgehead atoms. The Hall–Kier alpha value is -4.84. The lowest BCUT2D eigenvalue weighted by atomic mass is 10.2. The summed E-state index contributed by atoms with van der Waals surface area (Å²) in [5.74, 6) is 0.0304. The molecule has 3 heterocycles. The molecule has 0 unspecified atom stereocenters. The van der Waals surface area contributed by atoms with Gasteiger partial charge in [-0.25, -0.2) is 10.9 Å². The zero-order valence-electron chi connectivity index (χ0n) is 21.7. The summed E-state index contributed by atoms with van der Waals surface area (Å²) >= 11 is 0. The molecule has 0 aliphatic carbocycles. The molecule has 0 amide bonds. The lowest BCUT2D eigenvalue weighted by Crippen LogP contribution is -2.47. The number of nitro groups is 2. The number of nitrogens with two attached hydrogens (primary N) is 2. The van der Waals surface area contributed by atoms with E-state index in [0.717, 1.165) is 52.1 Å². The number of guanidine groups is 2. The molecule has 18 heteroatoms. The van der Waals surface area contributed by atoms with Gasteiger partial charge >= 0.3 is 11.8 Å². The van der Waals surface area contributed by atoms with Crippen LogP contribution in [0.1, 0.15) is 24.4 Å². The number of hydrogen-bond donors (Lipinski definition) is 4. The number of rotatable bonds is 14. The summed E-state index contributed by atoms with van der Waals surface area (Å²) in [5.41, 5.74) is 16.7. The van der Waals surface area contributed by atoms with Crippen molar-refractivity contribution in [2.75, 3.05) is 52.4 Å². The summed E-state index contributed by atoms with van der Waals surface area (Å²) in [7, 11) is 0. The normalized spacial score (nSPS) is 15.7. The molecule has 1 aliphatic rings. The van der Waals surface area contributed by atoms with Crippen molar-refractivity contribution in [3.8, 4) is 0 Å². The van der Waals surface area contributed by atoms with E-state index in [1.54, 1.807) is 0 Å². The van der Waals surface area contributed by atoms with Crippen molar-refractivity contribution in [1.29, 1.82) is 0 Å². The van der Waals surface area contributed by atoms with Crippen molar-refractivity contribution in [1.82, 2.24) is 20.7 Å². The van der Waals surface area contributed by atoms with Gasteiger partial charge in [0.05, 0.1) is 24.6 Å². The van der Waals surface area contributed by atoms with E-state index in [4.69, 9.17) is 20.3 Å². The highest BCUT2D eigenvalue weighted by Gasteiger charge is 2.16. The highest BCUT2D eigenvalue weighted by atomic mass is 16.7. The molecule has 0 spiro atoms. The maximum absolute atomic E-state index is 10.6. The molecular formula is C22H32N12O6. The largest absolute Gasteiger partial charge is 0.433 e. The quantitative estimate of drug-likeness (QED) is 0.0799. The van der Waals surface area contributed by atoms with Gasteiger partial charge in [-0.15, -0.1) is 0 Å². The van der Waals surface area contributed by atoms with Gasteiger partial charge in [0.15, 0.2) is 11.5 Å². The molecular weight excluding hydrogens is 528 g/mol. The second-order valence-corrected chi connectivity index (χ2v) is 8.53. The fraction of sp³-hybridized carbons (Fsp3) is 0.455. The Morgan fingerprint density at radius 2 is 1.20 bits per heavy atom. The lowest BCUT2D eigenvalue weighted by Gasteiger charge is -2.34. The standard InChI is InChI=1S/C22H32N12O6/c23-21(29-27-15-17-3-5-19(39-17)33(35)36)25-7-1-9-31-11-13-32(14-12-31)10-2-8-26-22(24)30-28-16-18-4-6-20(40-18)34(37)38/h3-6,15-16H,1-2,7-14H2,(H3,23,25,29)(H3,24,26,30). The SMILES string of the molecule is NC(=NCCCN1CCN(CCCN=C(N)NN=Cc2ccc([N+](=O)[O-])o2)CC1)NN=Cc1ccc([N+](=O)[O-])o1. The second-order valence-electron chi connectivity index (χ2n) is 8.53. The zero-order chi connectivity index (χ0) is 28.7. The van der Waals surface area contributed by atoms with E-state index < -0.39 is 9.85 Å². The average molecular weight is 561 g/mol. The third-order valence-corrected chi connectivity index (χ3v) is 5.62. The van der Waals surface area contributed by atoms with Gasteiger partial charge in [0.25, 0.3) is 0 Å². The molecule has 216 valence electrons. The summed E-state index contributed by atoms with van der Waals surface area (Å²) in [6.45, 7) is 6.74. The summed E-state index contributed by atoms with van der Waals surface area (Å²) in [6, 6.07) is 5.35. The van der Waals surface area contributed by atoms with Crippen LogP contribution in [0, 0.1) is 20.2 Å². The van der Waals surface area contributed by atoms with Crippen LogP contribution < -0.4 is 22.3 Å². The Bertz CT molecular complexity index is 1130. The van der Waals surface area contributed by atoms with Gasteiger partial charge in [0.2, 0.25) is 11.9 Å². The number of aliphatic imine (C=N–C) groups is 2. The Balaban J connectivity index is 1.22. The molecule has 1 saturated heterocycles. The molecule has 1 aliphatic heterocycles. The number of nitrogens with zero attached hydrogens (tertiary/aromatic N) is 8.